The number of carbonyl (C=O) groups excluding carboxylic acids is 1. The molecule has 1 heterocycles. The summed E-state index contributed by atoms with van der Waals surface area (Å²) >= 11 is 1.61. The highest BCUT2D eigenvalue weighted by Gasteiger charge is 2.25. The van der Waals surface area contributed by atoms with E-state index >= 15 is 0 Å². The predicted octanol–water partition coefficient (Wildman–Crippen LogP) is 6.21. The van der Waals surface area contributed by atoms with Gasteiger partial charge in [0, 0.05) is 4.88 Å². The quantitative estimate of drug-likeness (QED) is 0.319. The summed E-state index contributed by atoms with van der Waals surface area (Å²) in [5, 5.41) is 0. The molecule has 0 aliphatic heterocycles. The number of carbonyl (C=O) groups is 1. The molecule has 3 rings (SSSR count). The van der Waals surface area contributed by atoms with Crippen molar-refractivity contribution < 1.29 is 9.53 Å². The van der Waals surface area contributed by atoms with Crippen molar-refractivity contribution in [2.75, 3.05) is 0 Å². The highest BCUT2D eigenvalue weighted by Crippen LogP contribution is 2.35. The number of thiophene rings is 1. The topological polar surface area (TPSA) is 26.3 Å². The lowest BCUT2D eigenvalue weighted by atomic mass is 10.0. The third kappa shape index (κ3) is 4.72. The van der Waals surface area contributed by atoms with Crippen molar-refractivity contribution in [3.8, 4) is 5.75 Å². The van der Waals surface area contributed by atoms with Gasteiger partial charge in [-0.3, -0.25) is 0 Å². The van der Waals surface area contributed by atoms with Crippen LogP contribution in [0.1, 0.15) is 71.6 Å². The number of hydrogen-bond acceptors (Lipinski definition) is 3. The molecule has 2 nitrogen and oxygen atoms in total. The first-order valence-corrected chi connectivity index (χ1v) is 10.4. The van der Waals surface area contributed by atoms with E-state index in [0.717, 1.165) is 30.1 Å². The summed E-state index contributed by atoms with van der Waals surface area (Å²) in [5.41, 5.74) is 2.67. The van der Waals surface area contributed by atoms with Gasteiger partial charge in [0.15, 0.2) is 0 Å². The molecule has 0 saturated heterocycles. The van der Waals surface area contributed by atoms with Crippen LogP contribution in [-0.2, 0) is 19.3 Å². The highest BCUT2D eigenvalue weighted by molar-refractivity contribution is 7.14. The van der Waals surface area contributed by atoms with Gasteiger partial charge in [0.1, 0.15) is 10.6 Å². The van der Waals surface area contributed by atoms with Crippen molar-refractivity contribution in [2.24, 2.45) is 5.92 Å². The maximum Gasteiger partial charge on any atom is 0.353 e. The van der Waals surface area contributed by atoms with Crippen LogP contribution < -0.4 is 4.74 Å². The molecule has 2 aromatic rings. The number of ether oxygens (including phenoxy) is 1. The van der Waals surface area contributed by atoms with Crippen molar-refractivity contribution in [2.45, 2.75) is 65.2 Å². The molecule has 1 aromatic heterocycles. The number of esters is 1. The lowest BCUT2D eigenvalue weighted by molar-refractivity contribution is 0.0739. The summed E-state index contributed by atoms with van der Waals surface area (Å²) in [5.74, 6) is 1.18. The number of hydrogen-bond donors (Lipinski definition) is 0. The Balaban J connectivity index is 1.53. The van der Waals surface area contributed by atoms with Gasteiger partial charge in [-0.15, -0.1) is 11.3 Å². The van der Waals surface area contributed by atoms with Crippen LogP contribution in [0.4, 0.5) is 0 Å². The normalized spacial score (nSPS) is 16.0. The maximum atomic E-state index is 12.4. The van der Waals surface area contributed by atoms with Crippen molar-refractivity contribution in [1.29, 1.82) is 0 Å². The van der Waals surface area contributed by atoms with E-state index in [2.05, 4.69) is 26.0 Å². The first-order chi connectivity index (χ1) is 12.2. The molecule has 0 amide bonds. The van der Waals surface area contributed by atoms with Gasteiger partial charge in [-0.25, -0.2) is 4.79 Å². The largest absolute Gasteiger partial charge is 0.422 e. The van der Waals surface area contributed by atoms with Crippen LogP contribution in [0.15, 0.2) is 30.3 Å². The van der Waals surface area contributed by atoms with Gasteiger partial charge in [0.2, 0.25) is 0 Å². The molecule has 134 valence electrons. The summed E-state index contributed by atoms with van der Waals surface area (Å²) in [6.45, 7) is 4.47. The Labute approximate surface area is 155 Å². The Bertz CT molecular complexity index is 676. The van der Waals surface area contributed by atoms with Crippen molar-refractivity contribution in [3.63, 3.8) is 0 Å². The molecule has 1 aromatic carbocycles. The number of fused-ring (bicyclic) bond motifs is 1. The molecule has 0 spiro atoms. The summed E-state index contributed by atoms with van der Waals surface area (Å²) in [6.07, 6.45) is 9.64. The summed E-state index contributed by atoms with van der Waals surface area (Å²) < 4.78 is 5.56. The molecule has 0 saturated carbocycles. The Morgan fingerprint density at radius 2 is 1.92 bits per heavy atom. The lowest BCUT2D eigenvalue weighted by Crippen LogP contribution is -2.07. The monoisotopic (exact) mass is 356 g/mol. The van der Waals surface area contributed by atoms with Crippen LogP contribution in [0.5, 0.6) is 5.75 Å². The Hall–Kier alpha value is -1.61. The van der Waals surface area contributed by atoms with Crippen LogP contribution in [-0.4, -0.2) is 5.97 Å². The van der Waals surface area contributed by atoms with Gasteiger partial charge < -0.3 is 4.74 Å². The third-order valence-corrected chi connectivity index (χ3v) is 6.29. The second kappa shape index (κ2) is 8.66. The fourth-order valence-electron chi connectivity index (χ4n) is 3.48. The Morgan fingerprint density at radius 3 is 2.60 bits per heavy atom. The molecule has 25 heavy (non-hydrogen) atoms. The molecule has 1 atom stereocenters. The minimum atomic E-state index is -0.219. The van der Waals surface area contributed by atoms with Crippen LogP contribution in [0.2, 0.25) is 0 Å². The first-order valence-electron chi connectivity index (χ1n) is 9.62. The third-order valence-electron chi connectivity index (χ3n) is 5.11. The summed E-state index contributed by atoms with van der Waals surface area (Å²) in [7, 11) is 0. The minimum Gasteiger partial charge on any atom is -0.422 e. The zero-order chi connectivity index (χ0) is 17.6. The van der Waals surface area contributed by atoms with Gasteiger partial charge in [0.05, 0.1) is 0 Å². The first kappa shape index (κ1) is 18.2. The SMILES string of the molecule is CCCCCCc1ccc(OC(=O)c2cc3c(s2)CC(CC)C3)cc1. The van der Waals surface area contributed by atoms with Gasteiger partial charge in [-0.05, 0) is 60.9 Å². The number of benzene rings is 1. The van der Waals surface area contributed by atoms with Crippen molar-refractivity contribution in [3.05, 3.63) is 51.2 Å². The molecular formula is C22H28O2S. The van der Waals surface area contributed by atoms with E-state index in [1.165, 1.54) is 48.1 Å². The molecule has 1 aliphatic carbocycles. The molecule has 1 aliphatic rings. The smallest absolute Gasteiger partial charge is 0.353 e. The second-order valence-corrected chi connectivity index (χ2v) is 8.22. The van der Waals surface area contributed by atoms with Gasteiger partial charge in [-0.2, -0.15) is 0 Å². The van der Waals surface area contributed by atoms with E-state index in [0.29, 0.717) is 5.75 Å². The highest BCUT2D eigenvalue weighted by atomic mass is 32.1. The Morgan fingerprint density at radius 1 is 1.12 bits per heavy atom. The molecule has 1 unspecified atom stereocenters. The average molecular weight is 357 g/mol. The number of rotatable bonds is 8. The van der Waals surface area contributed by atoms with Crippen LogP contribution in [0, 0.1) is 5.92 Å². The maximum absolute atomic E-state index is 12.4. The fraction of sp³-hybridized carbons (Fsp3) is 0.500. The fourth-order valence-corrected chi connectivity index (χ4v) is 4.67. The van der Waals surface area contributed by atoms with E-state index in [-0.39, 0.29) is 5.97 Å². The van der Waals surface area contributed by atoms with E-state index in [1.54, 1.807) is 11.3 Å². The van der Waals surface area contributed by atoms with E-state index in [9.17, 15) is 4.79 Å². The molecule has 3 heteroatoms. The molecule has 0 radical (unpaired) electrons. The summed E-state index contributed by atoms with van der Waals surface area (Å²) in [6, 6.07) is 10.0. The van der Waals surface area contributed by atoms with E-state index in [1.807, 2.05) is 18.2 Å². The Kier molecular flexibility index (Phi) is 6.30. The predicted molar refractivity (Wildman–Crippen MR) is 105 cm³/mol. The second-order valence-electron chi connectivity index (χ2n) is 7.09. The van der Waals surface area contributed by atoms with Gasteiger partial charge in [0.25, 0.3) is 0 Å². The van der Waals surface area contributed by atoms with Gasteiger partial charge >= 0.3 is 5.97 Å². The van der Waals surface area contributed by atoms with E-state index in [4.69, 9.17) is 4.74 Å². The average Bonchev–Trinajstić information content (AvgIpc) is 3.19. The number of aryl methyl sites for hydroxylation is 1. The molecule has 0 N–H and O–H groups in total. The van der Waals surface area contributed by atoms with Crippen LogP contribution in [0.25, 0.3) is 0 Å². The zero-order valence-electron chi connectivity index (χ0n) is 15.3. The van der Waals surface area contributed by atoms with Crippen molar-refractivity contribution in [1.82, 2.24) is 0 Å². The van der Waals surface area contributed by atoms with Crippen LogP contribution in [0.3, 0.4) is 0 Å². The number of unbranched alkanes of at least 4 members (excludes halogenated alkanes) is 3. The minimum absolute atomic E-state index is 0.219. The van der Waals surface area contributed by atoms with Gasteiger partial charge in [-0.1, -0.05) is 51.7 Å². The molecule has 0 bridgehead atoms. The van der Waals surface area contributed by atoms with E-state index < -0.39 is 0 Å². The molecular weight excluding hydrogens is 328 g/mol. The van der Waals surface area contributed by atoms with Crippen molar-refractivity contribution >= 4 is 17.3 Å². The van der Waals surface area contributed by atoms with Crippen LogP contribution >= 0.6 is 11.3 Å². The summed E-state index contributed by atoms with van der Waals surface area (Å²) in [4.78, 5) is 14.5. The zero-order valence-corrected chi connectivity index (χ0v) is 16.2. The lowest BCUT2D eigenvalue weighted by Gasteiger charge is -2.06. The standard InChI is InChI=1S/C22H28O2S/c1-3-5-6-7-8-17-9-11-19(12-10-17)24-22(23)21-15-18-13-16(4-2)14-20(18)25-21/h9-12,15-16H,3-8,13-14H2,1-2H3. The molecule has 0 fully saturated rings.